The van der Waals surface area contributed by atoms with Gasteiger partial charge in [0.25, 0.3) is 11.1 Å². The van der Waals surface area contributed by atoms with Crippen LogP contribution in [0.5, 0.6) is 11.5 Å². The van der Waals surface area contributed by atoms with E-state index in [-0.39, 0.29) is 24.3 Å². The van der Waals surface area contributed by atoms with Gasteiger partial charge in [-0.2, -0.15) is 0 Å². The summed E-state index contributed by atoms with van der Waals surface area (Å²) < 4.78 is 16.5. The van der Waals surface area contributed by atoms with Crippen molar-refractivity contribution >= 4 is 69.1 Å². The summed E-state index contributed by atoms with van der Waals surface area (Å²) in [5, 5.41) is 0.191. The number of rotatable bonds is 8. The molecule has 1 saturated heterocycles. The Kier molecular flexibility index (Phi) is 8.44. The molecule has 2 aromatic rings. The third kappa shape index (κ3) is 5.96. The van der Waals surface area contributed by atoms with Crippen molar-refractivity contribution in [2.24, 2.45) is 0 Å². The Balaban J connectivity index is 1.84. The van der Waals surface area contributed by atoms with Crippen LogP contribution in [0.25, 0.3) is 6.08 Å². The van der Waals surface area contributed by atoms with Crippen LogP contribution >= 0.6 is 46.0 Å². The maximum atomic E-state index is 12.9. The van der Waals surface area contributed by atoms with Gasteiger partial charge in [0.1, 0.15) is 0 Å². The molecule has 1 aliphatic rings. The van der Waals surface area contributed by atoms with Gasteiger partial charge in [0, 0.05) is 5.02 Å². The monoisotopic (exact) mass is 587 g/mol. The normalized spacial score (nSPS) is 14.8. The second kappa shape index (κ2) is 11.1. The van der Waals surface area contributed by atoms with Gasteiger partial charge in [-0.25, -0.2) is 4.79 Å². The molecule has 0 N–H and O–H groups in total. The highest BCUT2D eigenvalue weighted by Crippen LogP contribution is 2.38. The molecule has 0 aliphatic carbocycles. The van der Waals surface area contributed by atoms with Crippen molar-refractivity contribution in [3.05, 3.63) is 61.0 Å². The molecule has 0 saturated carbocycles. The number of halogens is 2. The molecule has 10 heteroatoms. The standard InChI is InChI=1S/C22H19ClINO6S/c1-3-30-17-9-14(8-16(24)20(17)31-12-19(26)29-2)10-18-21(27)25(22(28)32-18)11-13-5-4-6-15(23)7-13/h4-10H,3,11-12H2,1-2H3/b18-10-. The summed E-state index contributed by atoms with van der Waals surface area (Å²) in [6, 6.07) is 10.5. The molecule has 32 heavy (non-hydrogen) atoms. The first-order valence-electron chi connectivity index (χ1n) is 9.48. The topological polar surface area (TPSA) is 82.1 Å². The number of methoxy groups -OCH3 is 1. The minimum Gasteiger partial charge on any atom is -0.490 e. The number of carbonyl (C=O) groups is 3. The van der Waals surface area contributed by atoms with Crippen LogP contribution in [-0.4, -0.2) is 42.3 Å². The summed E-state index contributed by atoms with van der Waals surface area (Å²) in [7, 11) is 1.28. The minimum absolute atomic E-state index is 0.143. The van der Waals surface area contributed by atoms with Crippen molar-refractivity contribution in [3.8, 4) is 11.5 Å². The van der Waals surface area contributed by atoms with E-state index in [1.165, 1.54) is 12.0 Å². The van der Waals surface area contributed by atoms with Gasteiger partial charge in [-0.1, -0.05) is 23.7 Å². The number of thioether (sulfide) groups is 1. The van der Waals surface area contributed by atoms with Gasteiger partial charge in [0.15, 0.2) is 18.1 Å². The molecule has 0 unspecified atom stereocenters. The van der Waals surface area contributed by atoms with Crippen molar-refractivity contribution in [1.29, 1.82) is 0 Å². The van der Waals surface area contributed by atoms with E-state index in [4.69, 9.17) is 21.1 Å². The lowest BCUT2D eigenvalue weighted by atomic mass is 10.1. The quantitative estimate of drug-likeness (QED) is 0.241. The van der Waals surface area contributed by atoms with Gasteiger partial charge in [0.2, 0.25) is 0 Å². The molecule has 3 rings (SSSR count). The maximum Gasteiger partial charge on any atom is 0.343 e. The zero-order valence-electron chi connectivity index (χ0n) is 17.2. The fourth-order valence-corrected chi connectivity index (χ4v) is 4.70. The average molecular weight is 588 g/mol. The van der Waals surface area contributed by atoms with Gasteiger partial charge < -0.3 is 14.2 Å². The number of carbonyl (C=O) groups excluding carboxylic acids is 3. The van der Waals surface area contributed by atoms with E-state index >= 15 is 0 Å². The molecule has 0 spiro atoms. The summed E-state index contributed by atoms with van der Waals surface area (Å²) >= 11 is 8.94. The molecule has 2 amide bonds. The smallest absolute Gasteiger partial charge is 0.343 e. The highest BCUT2D eigenvalue weighted by Gasteiger charge is 2.35. The molecule has 2 aromatic carbocycles. The van der Waals surface area contributed by atoms with E-state index in [0.29, 0.717) is 37.2 Å². The largest absolute Gasteiger partial charge is 0.490 e. The fraction of sp³-hybridized carbons (Fsp3) is 0.227. The number of esters is 1. The van der Waals surface area contributed by atoms with Gasteiger partial charge in [-0.3, -0.25) is 14.5 Å². The first-order chi connectivity index (χ1) is 15.3. The second-order valence-corrected chi connectivity index (χ2v) is 9.12. The van der Waals surface area contributed by atoms with Crippen LogP contribution in [0.2, 0.25) is 5.02 Å². The lowest BCUT2D eigenvalue weighted by Gasteiger charge is -2.14. The summed E-state index contributed by atoms with van der Waals surface area (Å²) in [5.41, 5.74) is 1.43. The van der Waals surface area contributed by atoms with Crippen molar-refractivity contribution in [2.45, 2.75) is 13.5 Å². The van der Waals surface area contributed by atoms with E-state index in [2.05, 4.69) is 27.3 Å². The summed E-state index contributed by atoms with van der Waals surface area (Å²) in [6.07, 6.45) is 1.64. The summed E-state index contributed by atoms with van der Waals surface area (Å²) in [4.78, 5) is 38.2. The molecule has 168 valence electrons. The zero-order valence-corrected chi connectivity index (χ0v) is 21.0. The average Bonchev–Trinajstić information content (AvgIpc) is 3.00. The number of hydrogen-bond donors (Lipinski definition) is 0. The third-order valence-electron chi connectivity index (χ3n) is 4.29. The van der Waals surface area contributed by atoms with Crippen LogP contribution in [0.3, 0.4) is 0 Å². The van der Waals surface area contributed by atoms with Crippen molar-refractivity contribution in [1.82, 2.24) is 4.90 Å². The van der Waals surface area contributed by atoms with Gasteiger partial charge in [-0.15, -0.1) is 0 Å². The molecule has 1 heterocycles. The number of ether oxygens (including phenoxy) is 3. The maximum absolute atomic E-state index is 12.9. The first kappa shape index (κ1) is 24.4. The lowest BCUT2D eigenvalue weighted by Crippen LogP contribution is -2.27. The van der Waals surface area contributed by atoms with Crippen LogP contribution in [0, 0.1) is 3.57 Å². The van der Waals surface area contributed by atoms with Gasteiger partial charge >= 0.3 is 5.97 Å². The molecule has 7 nitrogen and oxygen atoms in total. The number of hydrogen-bond acceptors (Lipinski definition) is 7. The van der Waals surface area contributed by atoms with Crippen molar-refractivity contribution < 1.29 is 28.6 Å². The van der Waals surface area contributed by atoms with Crippen LogP contribution in [-0.2, 0) is 20.9 Å². The van der Waals surface area contributed by atoms with Crippen LogP contribution < -0.4 is 9.47 Å². The lowest BCUT2D eigenvalue weighted by molar-refractivity contribution is -0.143. The minimum atomic E-state index is -0.513. The molecule has 0 atom stereocenters. The van der Waals surface area contributed by atoms with E-state index < -0.39 is 5.97 Å². The highest BCUT2D eigenvalue weighted by molar-refractivity contribution is 14.1. The molecule has 0 aromatic heterocycles. The SMILES string of the molecule is CCOc1cc(/C=C2\SC(=O)N(Cc3cccc(Cl)c3)C2=O)cc(I)c1OCC(=O)OC. The predicted molar refractivity (Wildman–Crippen MR) is 131 cm³/mol. The molecule has 0 bridgehead atoms. The van der Waals surface area contributed by atoms with E-state index in [9.17, 15) is 14.4 Å². The predicted octanol–water partition coefficient (Wildman–Crippen LogP) is 5.13. The Bertz CT molecular complexity index is 1090. The van der Waals surface area contributed by atoms with E-state index in [1.807, 2.05) is 13.0 Å². The Labute approximate surface area is 208 Å². The Hall–Kier alpha value is -2.24. The summed E-state index contributed by atoms with van der Waals surface area (Å²) in [6.45, 7) is 2.09. The molecular weight excluding hydrogens is 569 g/mol. The summed E-state index contributed by atoms with van der Waals surface area (Å²) in [5.74, 6) is -0.0589. The number of nitrogens with zero attached hydrogens (tertiary/aromatic N) is 1. The fourth-order valence-electron chi connectivity index (χ4n) is 2.87. The number of amides is 2. The number of imide groups is 1. The van der Waals surface area contributed by atoms with Crippen LogP contribution in [0.4, 0.5) is 4.79 Å². The Morgan fingerprint density at radius 3 is 2.69 bits per heavy atom. The zero-order chi connectivity index (χ0) is 23.3. The Morgan fingerprint density at radius 1 is 1.22 bits per heavy atom. The van der Waals surface area contributed by atoms with Crippen LogP contribution in [0.15, 0.2) is 41.3 Å². The van der Waals surface area contributed by atoms with Gasteiger partial charge in [-0.05, 0) is 82.7 Å². The van der Waals surface area contributed by atoms with Crippen molar-refractivity contribution in [3.63, 3.8) is 0 Å². The molecular formula is C22H19ClINO6S. The Morgan fingerprint density at radius 2 is 2.00 bits per heavy atom. The van der Waals surface area contributed by atoms with E-state index in [0.717, 1.165) is 17.3 Å². The van der Waals surface area contributed by atoms with Crippen molar-refractivity contribution in [2.75, 3.05) is 20.3 Å². The van der Waals surface area contributed by atoms with E-state index in [1.54, 1.807) is 36.4 Å². The molecule has 0 radical (unpaired) electrons. The number of benzene rings is 2. The molecule has 1 aliphatic heterocycles. The van der Waals surface area contributed by atoms with Gasteiger partial charge in [0.05, 0.1) is 28.7 Å². The first-order valence-corrected chi connectivity index (χ1v) is 11.8. The third-order valence-corrected chi connectivity index (χ3v) is 6.24. The molecule has 1 fully saturated rings. The highest BCUT2D eigenvalue weighted by atomic mass is 127. The van der Waals surface area contributed by atoms with Crippen LogP contribution in [0.1, 0.15) is 18.1 Å². The second-order valence-electron chi connectivity index (χ2n) is 6.53.